The summed E-state index contributed by atoms with van der Waals surface area (Å²) in [5.74, 6) is -2.50. The van der Waals surface area contributed by atoms with Gasteiger partial charge in [0.2, 0.25) is 5.88 Å². The maximum absolute atomic E-state index is 15.7. The van der Waals surface area contributed by atoms with Crippen molar-refractivity contribution in [2.75, 3.05) is 13.2 Å². The first-order valence-corrected chi connectivity index (χ1v) is 15.4. The Morgan fingerprint density at radius 1 is 1.00 bits per heavy atom. The number of aromatic carboxylic acids is 1. The number of benzene rings is 2. The number of carboxylic acid groups (broad SMARTS) is 1. The number of halogens is 3. The molecule has 0 radical (unpaired) electrons. The van der Waals surface area contributed by atoms with E-state index in [4.69, 9.17) is 14.5 Å². The molecular weight excluding hydrogens is 639 g/mol. The van der Waals surface area contributed by atoms with Crippen LogP contribution in [0.4, 0.5) is 13.2 Å². The maximum atomic E-state index is 15.7. The van der Waals surface area contributed by atoms with Crippen LogP contribution in [0.3, 0.4) is 0 Å². The second kappa shape index (κ2) is 12.4. The van der Waals surface area contributed by atoms with Crippen LogP contribution in [-0.2, 0) is 24.8 Å². The third-order valence-electron chi connectivity index (χ3n) is 8.63. The third kappa shape index (κ3) is 6.22. The number of ether oxygens (including phenoxy) is 2. The zero-order valence-corrected chi connectivity index (χ0v) is 26.7. The van der Waals surface area contributed by atoms with Crippen LogP contribution in [0.2, 0.25) is 0 Å². The van der Waals surface area contributed by atoms with Gasteiger partial charge >= 0.3 is 5.97 Å². The molecule has 1 aliphatic heterocycles. The van der Waals surface area contributed by atoms with Gasteiger partial charge in [-0.15, -0.1) is 5.10 Å². The molecule has 7 rings (SSSR count). The Balaban J connectivity index is 1.14. The molecule has 250 valence electrons. The van der Waals surface area contributed by atoms with E-state index in [1.54, 1.807) is 31.4 Å². The number of fused-ring (bicyclic) bond motifs is 1. The summed E-state index contributed by atoms with van der Waals surface area (Å²) in [6.07, 6.45) is 2.89. The van der Waals surface area contributed by atoms with Gasteiger partial charge in [-0.3, -0.25) is 9.67 Å². The van der Waals surface area contributed by atoms with E-state index in [1.165, 1.54) is 35.1 Å². The number of rotatable bonds is 9. The summed E-state index contributed by atoms with van der Waals surface area (Å²) < 4.78 is 61.1. The van der Waals surface area contributed by atoms with E-state index in [0.717, 1.165) is 12.1 Å². The quantitative estimate of drug-likeness (QED) is 0.192. The van der Waals surface area contributed by atoms with Crippen molar-refractivity contribution in [2.45, 2.75) is 32.9 Å². The van der Waals surface area contributed by atoms with E-state index in [-0.39, 0.29) is 58.3 Å². The molecule has 1 atom stereocenters. The van der Waals surface area contributed by atoms with Gasteiger partial charge in [0.1, 0.15) is 35.6 Å². The van der Waals surface area contributed by atoms with Crippen LogP contribution in [0.15, 0.2) is 67.0 Å². The minimum Gasteiger partial charge on any atom is -0.478 e. The smallest absolute Gasteiger partial charge is 0.335 e. The molecule has 1 saturated heterocycles. The number of hydrogen-bond acceptors (Lipinski definition) is 8. The Hall–Kier alpha value is -5.63. The molecular formula is C35H30F3N7O4. The predicted octanol–water partition coefficient (Wildman–Crippen LogP) is 6.17. The van der Waals surface area contributed by atoms with Gasteiger partial charge in [-0.2, -0.15) is 0 Å². The average molecular weight is 670 g/mol. The highest BCUT2D eigenvalue weighted by Gasteiger charge is 2.39. The minimum atomic E-state index is -1.08. The average Bonchev–Trinajstić information content (AvgIpc) is 3.76. The molecule has 1 aliphatic rings. The van der Waals surface area contributed by atoms with Crippen LogP contribution in [0, 0.1) is 22.9 Å². The number of imidazole rings is 1. The van der Waals surface area contributed by atoms with Gasteiger partial charge < -0.3 is 19.1 Å². The van der Waals surface area contributed by atoms with E-state index in [1.807, 2.05) is 18.4 Å². The fourth-order valence-electron chi connectivity index (χ4n) is 5.98. The van der Waals surface area contributed by atoms with Crippen molar-refractivity contribution in [1.29, 1.82) is 0 Å². The van der Waals surface area contributed by atoms with Crippen LogP contribution < -0.4 is 4.74 Å². The van der Waals surface area contributed by atoms with E-state index in [2.05, 4.69) is 20.3 Å². The third-order valence-corrected chi connectivity index (χ3v) is 8.63. The summed E-state index contributed by atoms with van der Waals surface area (Å²) in [6.45, 7) is 4.70. The molecule has 1 fully saturated rings. The first-order chi connectivity index (χ1) is 23.5. The fraction of sp³-hybridized carbons (Fsp3) is 0.257. The standard InChI is InChI=1S/C35H30F3N7O4/c1-35(2)18-48-17-31(35)45-30-10-19(34(46)47)7-8-27(30)40-32(45)11-20-9-25(38)22(12-23(20)36)26-5-4-6-33(41-26)49-16-21-14-39-28(13-24(21)37)29-15-44(3)43-42-29/h4-10,12-15,31H,11,16-18H2,1-3H3,(H,46,47)/t31-/m1/s1. The van der Waals surface area contributed by atoms with E-state index in [0.29, 0.717) is 41.5 Å². The summed E-state index contributed by atoms with van der Waals surface area (Å²) >= 11 is 0. The summed E-state index contributed by atoms with van der Waals surface area (Å²) in [5.41, 5.74) is 1.89. The number of aryl methyl sites for hydroxylation is 1. The Bertz CT molecular complexity index is 2230. The van der Waals surface area contributed by atoms with Gasteiger partial charge in [-0.05, 0) is 42.0 Å². The van der Waals surface area contributed by atoms with Gasteiger partial charge in [-0.1, -0.05) is 25.1 Å². The lowest BCUT2D eigenvalue weighted by Gasteiger charge is -2.28. The van der Waals surface area contributed by atoms with Crippen LogP contribution in [-0.4, -0.2) is 58.8 Å². The second-order valence-electron chi connectivity index (χ2n) is 12.6. The molecule has 0 saturated carbocycles. The number of pyridine rings is 2. The van der Waals surface area contributed by atoms with Crippen LogP contribution >= 0.6 is 0 Å². The SMILES string of the molecule is Cn1cc(-c2cc(F)c(COc3cccc(-c4cc(F)c(Cc5nc6ccc(C(=O)O)cc6n5[C@@H]5COCC5(C)C)cc4F)n3)cn2)nn1. The number of carbonyl (C=O) groups is 1. The van der Waals surface area contributed by atoms with Gasteiger partial charge in [0, 0.05) is 48.3 Å². The highest BCUT2D eigenvalue weighted by atomic mass is 19.1. The van der Waals surface area contributed by atoms with Gasteiger partial charge in [-0.25, -0.2) is 27.9 Å². The molecule has 4 aromatic heterocycles. The summed E-state index contributed by atoms with van der Waals surface area (Å²) in [4.78, 5) is 25.0. The van der Waals surface area contributed by atoms with Crippen molar-refractivity contribution < 1.29 is 32.5 Å². The van der Waals surface area contributed by atoms with E-state index < -0.39 is 23.4 Å². The molecule has 2 aromatic carbocycles. The first kappa shape index (κ1) is 31.9. The normalized spacial score (nSPS) is 15.6. The Kier molecular flexibility index (Phi) is 8.11. The molecule has 49 heavy (non-hydrogen) atoms. The highest BCUT2D eigenvalue weighted by molar-refractivity contribution is 5.92. The largest absolute Gasteiger partial charge is 0.478 e. The zero-order chi connectivity index (χ0) is 34.4. The molecule has 14 heteroatoms. The maximum Gasteiger partial charge on any atom is 0.335 e. The zero-order valence-electron chi connectivity index (χ0n) is 26.7. The first-order valence-electron chi connectivity index (χ1n) is 15.4. The van der Waals surface area contributed by atoms with E-state index >= 15 is 8.78 Å². The summed E-state index contributed by atoms with van der Waals surface area (Å²) in [6, 6.07) is 12.5. The minimum absolute atomic E-state index is 0.0570. The molecule has 0 amide bonds. The lowest BCUT2D eigenvalue weighted by molar-refractivity contribution is 0.0697. The molecule has 0 unspecified atom stereocenters. The molecule has 1 N–H and O–H groups in total. The number of nitrogens with zero attached hydrogens (tertiary/aromatic N) is 7. The fourth-order valence-corrected chi connectivity index (χ4v) is 5.98. The van der Waals surface area contributed by atoms with Crippen LogP contribution in [0.25, 0.3) is 33.7 Å². The van der Waals surface area contributed by atoms with Crippen molar-refractivity contribution in [3.8, 4) is 28.5 Å². The second-order valence-corrected chi connectivity index (χ2v) is 12.6. The van der Waals surface area contributed by atoms with Crippen molar-refractivity contribution in [2.24, 2.45) is 12.5 Å². The molecule has 6 aromatic rings. The molecule has 11 nitrogen and oxygen atoms in total. The topological polar surface area (TPSA) is 130 Å². The van der Waals surface area contributed by atoms with Crippen molar-refractivity contribution in [3.63, 3.8) is 0 Å². The summed E-state index contributed by atoms with van der Waals surface area (Å²) in [7, 11) is 1.69. The lowest BCUT2D eigenvalue weighted by atomic mass is 9.87. The Morgan fingerprint density at radius 3 is 2.53 bits per heavy atom. The molecule has 5 heterocycles. The molecule has 0 aliphatic carbocycles. The van der Waals surface area contributed by atoms with Gasteiger partial charge in [0.05, 0.1) is 53.4 Å². The van der Waals surface area contributed by atoms with Crippen LogP contribution in [0.1, 0.15) is 47.2 Å². The van der Waals surface area contributed by atoms with Crippen molar-refractivity contribution in [1.82, 2.24) is 34.5 Å². The Labute approximate surface area is 278 Å². The van der Waals surface area contributed by atoms with E-state index in [9.17, 15) is 14.3 Å². The van der Waals surface area contributed by atoms with Gasteiger partial charge in [0.15, 0.2) is 0 Å². The monoisotopic (exact) mass is 669 g/mol. The molecule has 0 spiro atoms. The Morgan fingerprint density at radius 2 is 1.82 bits per heavy atom. The van der Waals surface area contributed by atoms with Crippen molar-refractivity contribution in [3.05, 3.63) is 107 Å². The number of aromatic nitrogens is 7. The number of carboxylic acids is 1. The lowest BCUT2D eigenvalue weighted by Crippen LogP contribution is -2.27. The van der Waals surface area contributed by atoms with Crippen molar-refractivity contribution >= 4 is 17.0 Å². The van der Waals surface area contributed by atoms with Crippen LogP contribution in [0.5, 0.6) is 5.88 Å². The summed E-state index contributed by atoms with van der Waals surface area (Å²) in [5, 5.41) is 17.4. The molecule has 0 bridgehead atoms. The predicted molar refractivity (Wildman–Crippen MR) is 171 cm³/mol. The highest BCUT2D eigenvalue weighted by Crippen LogP contribution is 2.40. The number of hydrogen-bond donors (Lipinski definition) is 1. The van der Waals surface area contributed by atoms with Gasteiger partial charge in [0.25, 0.3) is 0 Å².